The van der Waals surface area contributed by atoms with Gasteiger partial charge in [0.2, 0.25) is 5.60 Å². The minimum atomic E-state index is -1.75. The van der Waals surface area contributed by atoms with Crippen molar-refractivity contribution >= 4 is 22.9 Å². The largest absolute Gasteiger partial charge is 0.371 e. The first-order valence-electron chi connectivity index (χ1n) is 7.97. The molecule has 0 aliphatic heterocycles. The predicted molar refractivity (Wildman–Crippen MR) is 101 cm³/mol. The van der Waals surface area contributed by atoms with Gasteiger partial charge in [0.05, 0.1) is 10.6 Å². The lowest BCUT2D eigenvalue weighted by atomic mass is 9.90. The zero-order valence-electron chi connectivity index (χ0n) is 14.1. The van der Waals surface area contributed by atoms with Crippen LogP contribution in [0.15, 0.2) is 66.0 Å². The Morgan fingerprint density at radius 2 is 1.72 bits per heavy atom. The number of anilines is 1. The number of aliphatic hydroxyl groups is 1. The second kappa shape index (κ2) is 7.09. The first-order valence-corrected chi connectivity index (χ1v) is 8.85. The van der Waals surface area contributed by atoms with Gasteiger partial charge < -0.3 is 5.11 Å². The molecule has 2 aromatic carbocycles. The highest BCUT2D eigenvalue weighted by Gasteiger charge is 2.41. The van der Waals surface area contributed by atoms with Crippen molar-refractivity contribution in [2.75, 3.05) is 5.43 Å². The Hall–Kier alpha value is -2.63. The fraction of sp³-hybridized carbons (Fsp3) is 0.150. The van der Waals surface area contributed by atoms with E-state index in [4.69, 9.17) is 0 Å². The molecule has 0 bridgehead atoms. The molecular formula is C20H20N2O2S. The van der Waals surface area contributed by atoms with E-state index < -0.39 is 11.5 Å². The Morgan fingerprint density at radius 1 is 1.00 bits per heavy atom. The monoisotopic (exact) mass is 352 g/mol. The molecule has 0 saturated carbocycles. The van der Waals surface area contributed by atoms with E-state index in [0.717, 1.165) is 16.8 Å². The van der Waals surface area contributed by atoms with Crippen LogP contribution in [0.2, 0.25) is 0 Å². The Balaban J connectivity index is 1.91. The molecule has 1 amide bonds. The number of carbonyl (C=O) groups excluding carboxylic acids is 1. The number of carbonyl (C=O) groups is 1. The van der Waals surface area contributed by atoms with Crippen LogP contribution in [0.25, 0.3) is 0 Å². The number of hydrogen-bond donors (Lipinski definition) is 3. The smallest absolute Gasteiger partial charge is 0.280 e. The van der Waals surface area contributed by atoms with Crippen molar-refractivity contribution in [3.63, 3.8) is 0 Å². The van der Waals surface area contributed by atoms with Gasteiger partial charge in [0, 0.05) is 0 Å². The van der Waals surface area contributed by atoms with Gasteiger partial charge in [-0.2, -0.15) is 0 Å². The molecular weight excluding hydrogens is 332 g/mol. The number of para-hydroxylation sites is 1. The summed E-state index contributed by atoms with van der Waals surface area (Å²) in [5.41, 5.74) is 7.18. The molecule has 1 heterocycles. The molecule has 3 aromatic rings. The standard InChI is InChI=1S/C20H20N2O2S/c1-14-9-11-16(12-10-14)20(24,18-8-5-13-25-18)19(23)22-21-17-7-4-3-6-15(17)2/h3-13,21,24H,1-2H3,(H,22,23)/t20-/m1/s1. The number of aryl methyl sites for hydroxylation is 2. The summed E-state index contributed by atoms with van der Waals surface area (Å²) in [7, 11) is 0. The van der Waals surface area contributed by atoms with Crippen molar-refractivity contribution in [3.05, 3.63) is 87.6 Å². The first-order chi connectivity index (χ1) is 12.0. The molecule has 5 heteroatoms. The number of nitrogens with one attached hydrogen (secondary N) is 2. The van der Waals surface area contributed by atoms with Crippen LogP contribution in [-0.2, 0) is 10.4 Å². The van der Waals surface area contributed by atoms with Gasteiger partial charge in [-0.15, -0.1) is 11.3 Å². The zero-order valence-corrected chi connectivity index (χ0v) is 14.9. The van der Waals surface area contributed by atoms with E-state index in [9.17, 15) is 9.90 Å². The lowest BCUT2D eigenvalue weighted by Crippen LogP contribution is -2.47. The minimum absolute atomic E-state index is 0.526. The molecule has 0 unspecified atom stereocenters. The van der Waals surface area contributed by atoms with Gasteiger partial charge in [-0.25, -0.2) is 0 Å². The molecule has 3 rings (SSSR count). The summed E-state index contributed by atoms with van der Waals surface area (Å²) in [6.07, 6.45) is 0. The van der Waals surface area contributed by atoms with Crippen LogP contribution in [0.1, 0.15) is 21.6 Å². The van der Waals surface area contributed by atoms with E-state index in [1.54, 1.807) is 18.2 Å². The fourth-order valence-corrected chi connectivity index (χ4v) is 3.43. The van der Waals surface area contributed by atoms with Crippen molar-refractivity contribution < 1.29 is 9.90 Å². The normalized spacial score (nSPS) is 13.1. The molecule has 25 heavy (non-hydrogen) atoms. The van der Waals surface area contributed by atoms with Crippen LogP contribution in [0, 0.1) is 13.8 Å². The van der Waals surface area contributed by atoms with Crippen LogP contribution in [0.4, 0.5) is 5.69 Å². The topological polar surface area (TPSA) is 61.4 Å². The third kappa shape index (κ3) is 3.43. The molecule has 3 N–H and O–H groups in total. The average Bonchev–Trinajstić information content (AvgIpc) is 3.16. The molecule has 0 radical (unpaired) electrons. The van der Waals surface area contributed by atoms with E-state index in [-0.39, 0.29) is 0 Å². The second-order valence-corrected chi connectivity index (χ2v) is 6.90. The van der Waals surface area contributed by atoms with Crippen molar-refractivity contribution in [2.24, 2.45) is 0 Å². The minimum Gasteiger partial charge on any atom is -0.371 e. The maximum Gasteiger partial charge on any atom is 0.280 e. The van der Waals surface area contributed by atoms with Gasteiger partial charge in [0.1, 0.15) is 0 Å². The Bertz CT molecular complexity index is 860. The van der Waals surface area contributed by atoms with Crippen molar-refractivity contribution in [1.29, 1.82) is 0 Å². The van der Waals surface area contributed by atoms with E-state index in [0.29, 0.717) is 10.4 Å². The highest BCUT2D eigenvalue weighted by Crippen LogP contribution is 2.33. The zero-order chi connectivity index (χ0) is 17.9. The van der Waals surface area contributed by atoms with Gasteiger partial charge in [-0.1, -0.05) is 54.1 Å². The molecule has 0 saturated heterocycles. The van der Waals surface area contributed by atoms with Crippen LogP contribution < -0.4 is 10.9 Å². The predicted octanol–water partition coefficient (Wildman–Crippen LogP) is 3.74. The third-order valence-corrected chi connectivity index (χ3v) is 5.11. The Morgan fingerprint density at radius 3 is 2.36 bits per heavy atom. The van der Waals surface area contributed by atoms with Crippen molar-refractivity contribution in [1.82, 2.24) is 5.43 Å². The summed E-state index contributed by atoms with van der Waals surface area (Å²) >= 11 is 1.34. The maximum absolute atomic E-state index is 12.9. The number of amides is 1. The Kier molecular flexibility index (Phi) is 4.88. The van der Waals surface area contributed by atoms with Gasteiger partial charge >= 0.3 is 0 Å². The van der Waals surface area contributed by atoms with Crippen LogP contribution in [-0.4, -0.2) is 11.0 Å². The van der Waals surface area contributed by atoms with Crippen LogP contribution in [0.5, 0.6) is 0 Å². The first kappa shape index (κ1) is 17.2. The van der Waals surface area contributed by atoms with Crippen LogP contribution in [0.3, 0.4) is 0 Å². The van der Waals surface area contributed by atoms with Gasteiger partial charge in [-0.3, -0.25) is 15.6 Å². The van der Waals surface area contributed by atoms with Crippen molar-refractivity contribution in [3.8, 4) is 0 Å². The molecule has 0 spiro atoms. The van der Waals surface area contributed by atoms with Gasteiger partial charge in [-0.05, 0) is 42.5 Å². The van der Waals surface area contributed by atoms with Crippen LogP contribution >= 0.6 is 11.3 Å². The molecule has 1 aromatic heterocycles. The number of thiophene rings is 1. The molecule has 0 fully saturated rings. The number of rotatable bonds is 5. The van der Waals surface area contributed by atoms with Gasteiger partial charge in [0.25, 0.3) is 5.91 Å². The SMILES string of the molecule is Cc1ccc([C@](O)(C(=O)NNc2ccccc2C)c2cccs2)cc1. The number of hydrogen-bond acceptors (Lipinski definition) is 4. The number of hydrazine groups is 1. The van der Waals surface area contributed by atoms with E-state index in [1.165, 1.54) is 11.3 Å². The highest BCUT2D eigenvalue weighted by molar-refractivity contribution is 7.10. The Labute approximate surface area is 151 Å². The summed E-state index contributed by atoms with van der Waals surface area (Å²) in [4.78, 5) is 13.5. The quantitative estimate of drug-likeness (QED) is 0.613. The summed E-state index contributed by atoms with van der Waals surface area (Å²) < 4.78 is 0. The summed E-state index contributed by atoms with van der Waals surface area (Å²) in [6.45, 7) is 3.91. The lowest BCUT2D eigenvalue weighted by molar-refractivity contribution is -0.135. The average molecular weight is 352 g/mol. The highest BCUT2D eigenvalue weighted by atomic mass is 32.1. The number of benzene rings is 2. The molecule has 128 valence electrons. The maximum atomic E-state index is 12.9. The fourth-order valence-electron chi connectivity index (χ4n) is 2.59. The molecule has 4 nitrogen and oxygen atoms in total. The summed E-state index contributed by atoms with van der Waals surface area (Å²) in [6, 6.07) is 18.5. The van der Waals surface area contributed by atoms with E-state index in [1.807, 2.05) is 61.7 Å². The van der Waals surface area contributed by atoms with Crippen molar-refractivity contribution in [2.45, 2.75) is 19.4 Å². The van der Waals surface area contributed by atoms with Gasteiger partial charge in [0.15, 0.2) is 0 Å². The van der Waals surface area contributed by atoms with E-state index in [2.05, 4.69) is 10.9 Å². The molecule has 0 aliphatic carbocycles. The molecule has 0 aliphatic rings. The molecule has 1 atom stereocenters. The van der Waals surface area contributed by atoms with E-state index >= 15 is 0 Å². The summed E-state index contributed by atoms with van der Waals surface area (Å²) in [5.74, 6) is -0.526. The second-order valence-electron chi connectivity index (χ2n) is 5.95. The lowest BCUT2D eigenvalue weighted by Gasteiger charge is -2.27. The summed E-state index contributed by atoms with van der Waals surface area (Å²) in [5, 5.41) is 13.2. The third-order valence-electron chi connectivity index (χ3n) is 4.13.